The SMILES string of the molecule is O=C(O)c1ccc(N2CCCC2)c(NC(=O)c2cccs2)c1. The van der Waals surface area contributed by atoms with Gasteiger partial charge in [0.2, 0.25) is 0 Å². The lowest BCUT2D eigenvalue weighted by Crippen LogP contribution is -2.21. The molecule has 2 N–H and O–H groups in total. The number of thiophene rings is 1. The summed E-state index contributed by atoms with van der Waals surface area (Å²) >= 11 is 1.36. The van der Waals surface area contributed by atoms with E-state index >= 15 is 0 Å². The number of hydrogen-bond donors (Lipinski definition) is 2. The van der Waals surface area contributed by atoms with Crippen molar-refractivity contribution in [3.8, 4) is 0 Å². The van der Waals surface area contributed by atoms with Gasteiger partial charge in [-0.1, -0.05) is 6.07 Å². The molecule has 0 aliphatic carbocycles. The quantitative estimate of drug-likeness (QED) is 0.908. The van der Waals surface area contributed by atoms with E-state index in [0.717, 1.165) is 31.6 Å². The Kier molecular flexibility index (Phi) is 4.11. The van der Waals surface area contributed by atoms with Crippen LogP contribution in [0.4, 0.5) is 11.4 Å². The minimum absolute atomic E-state index is 0.171. The highest BCUT2D eigenvalue weighted by Crippen LogP contribution is 2.30. The van der Waals surface area contributed by atoms with Crippen LogP contribution < -0.4 is 10.2 Å². The number of amides is 1. The normalized spacial score (nSPS) is 14.1. The molecule has 1 fully saturated rings. The summed E-state index contributed by atoms with van der Waals surface area (Å²) in [5.74, 6) is -1.21. The van der Waals surface area contributed by atoms with Gasteiger partial charge in [-0.2, -0.15) is 0 Å². The molecule has 2 heterocycles. The van der Waals surface area contributed by atoms with Crippen LogP contribution in [0.15, 0.2) is 35.7 Å². The molecule has 5 nitrogen and oxygen atoms in total. The van der Waals surface area contributed by atoms with Crippen molar-refractivity contribution in [1.82, 2.24) is 0 Å². The van der Waals surface area contributed by atoms with Crippen LogP contribution in [0.3, 0.4) is 0 Å². The lowest BCUT2D eigenvalue weighted by Gasteiger charge is -2.22. The maximum absolute atomic E-state index is 12.3. The largest absolute Gasteiger partial charge is 0.478 e. The highest BCUT2D eigenvalue weighted by atomic mass is 32.1. The van der Waals surface area contributed by atoms with Crippen LogP contribution in [-0.4, -0.2) is 30.1 Å². The van der Waals surface area contributed by atoms with Crippen molar-refractivity contribution in [2.45, 2.75) is 12.8 Å². The van der Waals surface area contributed by atoms with Crippen molar-refractivity contribution in [2.75, 3.05) is 23.3 Å². The first-order valence-corrected chi connectivity index (χ1v) is 8.00. The molecule has 0 radical (unpaired) electrons. The van der Waals surface area contributed by atoms with Crippen LogP contribution in [0.2, 0.25) is 0 Å². The molecule has 1 aromatic carbocycles. The molecular weight excluding hydrogens is 300 g/mol. The van der Waals surface area contributed by atoms with E-state index in [2.05, 4.69) is 10.2 Å². The molecule has 6 heteroatoms. The third kappa shape index (κ3) is 2.96. The minimum Gasteiger partial charge on any atom is -0.478 e. The molecular formula is C16H16N2O3S. The molecule has 3 rings (SSSR count). The molecule has 1 amide bonds. The molecule has 0 atom stereocenters. The maximum Gasteiger partial charge on any atom is 0.335 e. The van der Waals surface area contributed by atoms with Gasteiger partial charge in [0.05, 0.1) is 21.8 Å². The van der Waals surface area contributed by atoms with Gasteiger partial charge in [-0.15, -0.1) is 11.3 Å². The molecule has 1 aliphatic heterocycles. The van der Waals surface area contributed by atoms with Gasteiger partial charge in [-0.25, -0.2) is 4.79 Å². The number of nitrogens with one attached hydrogen (secondary N) is 1. The van der Waals surface area contributed by atoms with Gasteiger partial charge < -0.3 is 15.3 Å². The van der Waals surface area contributed by atoms with Gasteiger partial charge >= 0.3 is 5.97 Å². The maximum atomic E-state index is 12.3. The number of nitrogens with zero attached hydrogens (tertiary/aromatic N) is 1. The van der Waals surface area contributed by atoms with Crippen LogP contribution in [0.1, 0.15) is 32.9 Å². The monoisotopic (exact) mass is 316 g/mol. The zero-order valence-electron chi connectivity index (χ0n) is 11.9. The number of carbonyl (C=O) groups excluding carboxylic acids is 1. The Hall–Kier alpha value is -2.34. The first-order valence-electron chi connectivity index (χ1n) is 7.12. The fourth-order valence-electron chi connectivity index (χ4n) is 2.59. The third-order valence-corrected chi connectivity index (χ3v) is 4.55. The van der Waals surface area contributed by atoms with Crippen LogP contribution in [-0.2, 0) is 0 Å². The molecule has 0 unspecified atom stereocenters. The molecule has 22 heavy (non-hydrogen) atoms. The molecule has 0 saturated carbocycles. The number of carboxylic acids is 1. The summed E-state index contributed by atoms with van der Waals surface area (Å²) < 4.78 is 0. The van der Waals surface area contributed by atoms with E-state index in [1.807, 2.05) is 11.4 Å². The van der Waals surface area contributed by atoms with Crippen LogP contribution in [0, 0.1) is 0 Å². The fourth-order valence-corrected chi connectivity index (χ4v) is 3.21. The number of hydrogen-bond acceptors (Lipinski definition) is 4. The predicted molar refractivity (Wildman–Crippen MR) is 87.1 cm³/mol. The Morgan fingerprint density at radius 3 is 2.59 bits per heavy atom. The number of carboxylic acid groups (broad SMARTS) is 1. The molecule has 1 saturated heterocycles. The molecule has 0 bridgehead atoms. The first kappa shape index (κ1) is 14.6. The molecule has 1 aromatic heterocycles. The summed E-state index contributed by atoms with van der Waals surface area (Å²) in [6, 6.07) is 8.45. The van der Waals surface area contributed by atoms with Gasteiger partial charge in [-0.3, -0.25) is 4.79 Å². The third-order valence-electron chi connectivity index (χ3n) is 3.68. The Bertz CT molecular complexity index is 691. The lowest BCUT2D eigenvalue weighted by molar-refractivity contribution is 0.0696. The molecule has 0 spiro atoms. The van der Waals surface area contributed by atoms with Gasteiger partial charge in [0.15, 0.2) is 0 Å². The van der Waals surface area contributed by atoms with Crippen molar-refractivity contribution < 1.29 is 14.7 Å². The summed E-state index contributed by atoms with van der Waals surface area (Å²) in [6.45, 7) is 1.85. The fraction of sp³-hybridized carbons (Fsp3) is 0.250. The average Bonchev–Trinajstić information content (AvgIpc) is 3.20. The number of anilines is 2. The first-order chi connectivity index (χ1) is 10.6. The molecule has 2 aromatic rings. The Morgan fingerprint density at radius 1 is 1.18 bits per heavy atom. The summed E-state index contributed by atoms with van der Waals surface area (Å²) in [5, 5.41) is 13.8. The van der Waals surface area contributed by atoms with Crippen LogP contribution in [0.25, 0.3) is 0 Å². The zero-order valence-corrected chi connectivity index (χ0v) is 12.7. The second-order valence-electron chi connectivity index (χ2n) is 5.16. The van der Waals surface area contributed by atoms with Gasteiger partial charge in [0.1, 0.15) is 0 Å². The number of aromatic carboxylic acids is 1. The topological polar surface area (TPSA) is 69.6 Å². The number of benzene rings is 1. The Labute approximate surface area is 132 Å². The van der Waals surface area contributed by atoms with E-state index < -0.39 is 5.97 Å². The van der Waals surface area contributed by atoms with Crippen molar-refractivity contribution >= 4 is 34.6 Å². The summed E-state index contributed by atoms with van der Waals surface area (Å²) in [4.78, 5) is 26.2. The van der Waals surface area contributed by atoms with Gasteiger partial charge in [-0.05, 0) is 42.5 Å². The van der Waals surface area contributed by atoms with Crippen LogP contribution in [0.5, 0.6) is 0 Å². The standard InChI is InChI=1S/C16H16N2O3S/c19-15(14-4-3-9-22-14)17-12-10-11(16(20)21)5-6-13(12)18-7-1-2-8-18/h3-6,9-10H,1-2,7-8H2,(H,17,19)(H,20,21). The van der Waals surface area contributed by atoms with Gasteiger partial charge in [0.25, 0.3) is 5.91 Å². The zero-order chi connectivity index (χ0) is 15.5. The molecule has 1 aliphatic rings. The van der Waals surface area contributed by atoms with Crippen molar-refractivity contribution in [3.63, 3.8) is 0 Å². The van der Waals surface area contributed by atoms with Gasteiger partial charge in [0, 0.05) is 13.1 Å². The van der Waals surface area contributed by atoms with Crippen molar-refractivity contribution in [2.24, 2.45) is 0 Å². The highest BCUT2D eigenvalue weighted by molar-refractivity contribution is 7.12. The predicted octanol–water partition coefficient (Wildman–Crippen LogP) is 3.30. The second-order valence-corrected chi connectivity index (χ2v) is 6.11. The molecule has 114 valence electrons. The number of carbonyl (C=O) groups is 2. The second kappa shape index (κ2) is 6.19. The van der Waals surface area contributed by atoms with Crippen LogP contribution >= 0.6 is 11.3 Å². The average molecular weight is 316 g/mol. The van der Waals surface area contributed by atoms with E-state index in [9.17, 15) is 9.59 Å². The van der Waals surface area contributed by atoms with Crippen molar-refractivity contribution in [1.29, 1.82) is 0 Å². The minimum atomic E-state index is -1.00. The number of rotatable bonds is 4. The summed E-state index contributed by atoms with van der Waals surface area (Å²) in [6.07, 6.45) is 2.22. The van der Waals surface area contributed by atoms with E-state index in [4.69, 9.17) is 5.11 Å². The Balaban J connectivity index is 1.93. The van der Waals surface area contributed by atoms with Crippen molar-refractivity contribution in [3.05, 3.63) is 46.2 Å². The van der Waals surface area contributed by atoms with E-state index in [0.29, 0.717) is 10.6 Å². The summed E-state index contributed by atoms with van der Waals surface area (Å²) in [7, 11) is 0. The smallest absolute Gasteiger partial charge is 0.335 e. The van der Waals surface area contributed by atoms with E-state index in [-0.39, 0.29) is 11.5 Å². The van der Waals surface area contributed by atoms with E-state index in [1.165, 1.54) is 17.4 Å². The summed E-state index contributed by atoms with van der Waals surface area (Å²) in [5.41, 5.74) is 1.61. The lowest BCUT2D eigenvalue weighted by atomic mass is 10.1. The Morgan fingerprint density at radius 2 is 1.95 bits per heavy atom. The van der Waals surface area contributed by atoms with E-state index in [1.54, 1.807) is 18.2 Å². The highest BCUT2D eigenvalue weighted by Gasteiger charge is 2.19.